The van der Waals surface area contributed by atoms with Crippen molar-refractivity contribution in [1.29, 1.82) is 0 Å². The van der Waals surface area contributed by atoms with E-state index in [0.29, 0.717) is 43.1 Å². The Morgan fingerprint density at radius 3 is 2.58 bits per heavy atom. The molecule has 1 unspecified atom stereocenters. The zero-order chi connectivity index (χ0) is 14.4. The number of rotatable bonds is 6. The molecule has 0 aromatic carbocycles. The monoisotopic (exact) mass is 267 g/mol. The maximum absolute atomic E-state index is 12.5. The third-order valence-electron chi connectivity index (χ3n) is 3.37. The lowest BCUT2D eigenvalue weighted by Gasteiger charge is -2.25. The van der Waals surface area contributed by atoms with Crippen LogP contribution in [0.5, 0.6) is 0 Å². The molecular formula is C15H25NO3. The lowest BCUT2D eigenvalue weighted by Crippen LogP contribution is -2.32. The number of hydrogen-bond acceptors (Lipinski definition) is 4. The van der Waals surface area contributed by atoms with Crippen LogP contribution in [-0.2, 0) is 14.4 Å². The lowest BCUT2D eigenvalue weighted by molar-refractivity contribution is -0.127. The normalized spacial score (nSPS) is 22.9. The van der Waals surface area contributed by atoms with Crippen LogP contribution >= 0.6 is 0 Å². The summed E-state index contributed by atoms with van der Waals surface area (Å²) in [5.74, 6) is 0.397. The fourth-order valence-corrected chi connectivity index (χ4v) is 2.47. The first-order valence-electron chi connectivity index (χ1n) is 7.19. The van der Waals surface area contributed by atoms with Crippen LogP contribution in [-0.4, -0.2) is 18.2 Å². The van der Waals surface area contributed by atoms with Crippen molar-refractivity contribution in [2.45, 2.75) is 53.4 Å². The molecule has 0 aliphatic heterocycles. The average Bonchev–Trinajstić information content (AvgIpc) is 2.36. The van der Waals surface area contributed by atoms with Crippen molar-refractivity contribution in [3.8, 4) is 0 Å². The van der Waals surface area contributed by atoms with Gasteiger partial charge in [0.05, 0.1) is 17.9 Å². The number of hydrogen-bond donors (Lipinski definition) is 1. The Morgan fingerprint density at radius 2 is 2.05 bits per heavy atom. The zero-order valence-electron chi connectivity index (χ0n) is 12.4. The summed E-state index contributed by atoms with van der Waals surface area (Å²) in [7, 11) is 0. The predicted molar refractivity (Wildman–Crippen MR) is 74.3 cm³/mol. The molecule has 1 aliphatic carbocycles. The van der Waals surface area contributed by atoms with Gasteiger partial charge >= 0.3 is 0 Å². The van der Waals surface area contributed by atoms with Crippen molar-refractivity contribution in [3.05, 3.63) is 11.3 Å². The quantitative estimate of drug-likeness (QED) is 0.457. The molecule has 4 nitrogen and oxygen atoms in total. The van der Waals surface area contributed by atoms with Gasteiger partial charge in [-0.1, -0.05) is 20.8 Å². The van der Waals surface area contributed by atoms with Crippen LogP contribution in [0.1, 0.15) is 53.4 Å². The molecule has 0 radical (unpaired) electrons. The average molecular weight is 267 g/mol. The van der Waals surface area contributed by atoms with Crippen molar-refractivity contribution in [3.63, 3.8) is 0 Å². The number of ketones is 2. The molecule has 1 atom stereocenters. The van der Waals surface area contributed by atoms with Gasteiger partial charge in [0.1, 0.15) is 0 Å². The molecule has 19 heavy (non-hydrogen) atoms. The Labute approximate surface area is 115 Å². The maximum Gasteiger partial charge on any atom is 0.171 e. The van der Waals surface area contributed by atoms with Gasteiger partial charge in [0.2, 0.25) is 0 Å². The van der Waals surface area contributed by atoms with Gasteiger partial charge in [-0.15, -0.1) is 0 Å². The highest BCUT2D eigenvalue weighted by Crippen LogP contribution is 2.29. The van der Waals surface area contributed by atoms with Crippen molar-refractivity contribution in [1.82, 2.24) is 5.48 Å². The standard InChI is InChI=1S/C15H25NO3/c1-5-12(16-19-6-2)14-13(17)8-7-11(15(14)18)9-10(3)4/h10-11,16H,5-9H2,1-4H3. The second-order valence-corrected chi connectivity index (χ2v) is 5.39. The summed E-state index contributed by atoms with van der Waals surface area (Å²) < 4.78 is 0. The molecule has 4 heteroatoms. The summed E-state index contributed by atoms with van der Waals surface area (Å²) in [6.07, 6.45) is 2.60. The van der Waals surface area contributed by atoms with Crippen LogP contribution in [0.3, 0.4) is 0 Å². The molecule has 0 aromatic heterocycles. The first-order chi connectivity index (χ1) is 9.01. The second kappa shape index (κ2) is 7.43. The molecule has 1 aliphatic rings. The van der Waals surface area contributed by atoms with E-state index in [1.165, 1.54) is 0 Å². The highest BCUT2D eigenvalue weighted by atomic mass is 16.6. The van der Waals surface area contributed by atoms with E-state index in [0.717, 1.165) is 6.42 Å². The zero-order valence-corrected chi connectivity index (χ0v) is 12.4. The summed E-state index contributed by atoms with van der Waals surface area (Å²) in [5, 5.41) is 0. The Morgan fingerprint density at radius 1 is 1.37 bits per heavy atom. The van der Waals surface area contributed by atoms with Crippen molar-refractivity contribution >= 4 is 11.6 Å². The van der Waals surface area contributed by atoms with E-state index in [9.17, 15) is 9.59 Å². The molecule has 0 saturated heterocycles. The highest BCUT2D eigenvalue weighted by Gasteiger charge is 2.34. The number of carbonyl (C=O) groups excluding carboxylic acids is 2. The number of Topliss-reactive ketones (excluding diaryl/α,β-unsaturated/α-hetero) is 2. The van der Waals surface area contributed by atoms with Crippen LogP contribution < -0.4 is 5.48 Å². The molecule has 1 saturated carbocycles. The van der Waals surface area contributed by atoms with Crippen molar-refractivity contribution in [2.24, 2.45) is 11.8 Å². The van der Waals surface area contributed by atoms with Crippen LogP contribution in [0.15, 0.2) is 11.3 Å². The van der Waals surface area contributed by atoms with Crippen LogP contribution in [0.25, 0.3) is 0 Å². The summed E-state index contributed by atoms with van der Waals surface area (Å²) in [5.41, 5.74) is 3.73. The first kappa shape index (κ1) is 15.9. The Balaban J connectivity index is 2.96. The molecule has 0 aromatic rings. The van der Waals surface area contributed by atoms with E-state index in [4.69, 9.17) is 4.84 Å². The molecular weight excluding hydrogens is 242 g/mol. The predicted octanol–water partition coefficient (Wildman–Crippen LogP) is 2.79. The first-order valence-corrected chi connectivity index (χ1v) is 7.19. The fourth-order valence-electron chi connectivity index (χ4n) is 2.47. The summed E-state index contributed by atoms with van der Waals surface area (Å²) >= 11 is 0. The Bertz CT molecular complexity index is 372. The van der Waals surface area contributed by atoms with E-state index in [-0.39, 0.29) is 17.5 Å². The van der Waals surface area contributed by atoms with Crippen LogP contribution in [0.4, 0.5) is 0 Å². The van der Waals surface area contributed by atoms with E-state index in [2.05, 4.69) is 19.3 Å². The van der Waals surface area contributed by atoms with Gasteiger partial charge in [-0.05, 0) is 32.1 Å². The van der Waals surface area contributed by atoms with Gasteiger partial charge in [0.15, 0.2) is 11.6 Å². The van der Waals surface area contributed by atoms with Gasteiger partial charge in [0, 0.05) is 12.3 Å². The summed E-state index contributed by atoms with van der Waals surface area (Å²) in [6, 6.07) is 0. The van der Waals surface area contributed by atoms with E-state index in [1.807, 2.05) is 13.8 Å². The van der Waals surface area contributed by atoms with Gasteiger partial charge in [-0.2, -0.15) is 0 Å². The lowest BCUT2D eigenvalue weighted by atomic mass is 9.78. The molecule has 1 rings (SSSR count). The Kier molecular flexibility index (Phi) is 6.22. The summed E-state index contributed by atoms with van der Waals surface area (Å²) in [4.78, 5) is 29.6. The van der Waals surface area contributed by atoms with E-state index in [1.54, 1.807) is 0 Å². The van der Waals surface area contributed by atoms with Gasteiger partial charge in [-0.25, -0.2) is 0 Å². The van der Waals surface area contributed by atoms with Crippen molar-refractivity contribution < 1.29 is 14.4 Å². The molecule has 0 bridgehead atoms. The van der Waals surface area contributed by atoms with Crippen LogP contribution in [0, 0.1) is 11.8 Å². The van der Waals surface area contributed by atoms with E-state index < -0.39 is 0 Å². The second-order valence-electron chi connectivity index (χ2n) is 5.39. The van der Waals surface area contributed by atoms with Gasteiger partial charge < -0.3 is 0 Å². The van der Waals surface area contributed by atoms with E-state index >= 15 is 0 Å². The fraction of sp³-hybridized carbons (Fsp3) is 0.733. The minimum absolute atomic E-state index is 0.00555. The molecule has 1 fully saturated rings. The molecule has 0 amide bonds. The molecule has 1 N–H and O–H groups in total. The highest BCUT2D eigenvalue weighted by molar-refractivity contribution is 6.22. The number of hydroxylamine groups is 1. The number of nitrogens with one attached hydrogen (secondary N) is 1. The molecule has 0 heterocycles. The molecule has 0 spiro atoms. The molecule has 108 valence electrons. The Hall–Kier alpha value is -1.16. The third-order valence-corrected chi connectivity index (χ3v) is 3.37. The topological polar surface area (TPSA) is 55.4 Å². The minimum atomic E-state index is -0.0472. The summed E-state index contributed by atoms with van der Waals surface area (Å²) in [6.45, 7) is 8.48. The third kappa shape index (κ3) is 4.16. The maximum atomic E-state index is 12.5. The van der Waals surface area contributed by atoms with Gasteiger partial charge in [-0.3, -0.25) is 19.9 Å². The number of allylic oxidation sites excluding steroid dienone is 2. The van der Waals surface area contributed by atoms with Crippen molar-refractivity contribution in [2.75, 3.05) is 6.61 Å². The van der Waals surface area contributed by atoms with Crippen LogP contribution in [0.2, 0.25) is 0 Å². The minimum Gasteiger partial charge on any atom is -0.294 e. The smallest absolute Gasteiger partial charge is 0.171 e. The SMILES string of the molecule is CCONC(CC)=C1C(=O)CCC(CC(C)C)C1=O. The number of carbonyl (C=O) groups is 2. The van der Waals surface area contributed by atoms with Gasteiger partial charge in [0.25, 0.3) is 0 Å². The largest absolute Gasteiger partial charge is 0.294 e.